The standard InChI is InChI=1S/C11H11NO6/c13-11-17-7-10(18-11)5-6-16-9-3-1-8(2-4-9)12(14)15/h1-4,10H,5-7H2/t10-/m1/s1. The highest BCUT2D eigenvalue weighted by molar-refractivity contribution is 5.61. The van der Waals surface area contributed by atoms with Gasteiger partial charge in [-0.05, 0) is 12.1 Å². The zero-order chi connectivity index (χ0) is 13.0. The molecule has 0 radical (unpaired) electrons. The molecule has 1 aliphatic heterocycles. The van der Waals surface area contributed by atoms with Gasteiger partial charge in [0.15, 0.2) is 0 Å². The van der Waals surface area contributed by atoms with Crippen molar-refractivity contribution in [3.63, 3.8) is 0 Å². The predicted molar refractivity (Wildman–Crippen MR) is 59.4 cm³/mol. The average molecular weight is 253 g/mol. The van der Waals surface area contributed by atoms with E-state index < -0.39 is 11.1 Å². The number of rotatable bonds is 5. The molecular weight excluding hydrogens is 242 g/mol. The molecule has 1 fully saturated rings. The first-order valence-corrected chi connectivity index (χ1v) is 5.36. The van der Waals surface area contributed by atoms with Crippen LogP contribution in [0.1, 0.15) is 6.42 Å². The van der Waals surface area contributed by atoms with Crippen LogP contribution in [0.4, 0.5) is 10.5 Å². The summed E-state index contributed by atoms with van der Waals surface area (Å²) >= 11 is 0. The Morgan fingerprint density at radius 2 is 2.11 bits per heavy atom. The van der Waals surface area contributed by atoms with Crippen molar-refractivity contribution in [1.82, 2.24) is 0 Å². The first-order chi connectivity index (χ1) is 8.65. The molecule has 1 aromatic rings. The van der Waals surface area contributed by atoms with Crippen LogP contribution in [0.25, 0.3) is 0 Å². The third-order valence-electron chi connectivity index (χ3n) is 2.41. The molecule has 0 amide bonds. The summed E-state index contributed by atoms with van der Waals surface area (Å²) < 4.78 is 14.8. The topological polar surface area (TPSA) is 87.9 Å². The fraction of sp³-hybridized carbons (Fsp3) is 0.364. The molecule has 7 nitrogen and oxygen atoms in total. The molecular formula is C11H11NO6. The summed E-state index contributed by atoms with van der Waals surface area (Å²) in [6.45, 7) is 0.585. The molecule has 0 aliphatic carbocycles. The van der Waals surface area contributed by atoms with Crippen molar-refractivity contribution >= 4 is 11.8 Å². The molecule has 1 aromatic carbocycles. The summed E-state index contributed by atoms with van der Waals surface area (Å²) in [4.78, 5) is 20.6. The fourth-order valence-electron chi connectivity index (χ4n) is 1.48. The van der Waals surface area contributed by atoms with Gasteiger partial charge in [-0.25, -0.2) is 4.79 Å². The number of non-ortho nitro benzene ring substituents is 1. The molecule has 1 saturated heterocycles. The van der Waals surface area contributed by atoms with E-state index in [0.717, 1.165) is 0 Å². The average Bonchev–Trinajstić information content (AvgIpc) is 2.76. The first kappa shape index (κ1) is 12.2. The molecule has 0 unspecified atom stereocenters. The lowest BCUT2D eigenvalue weighted by Crippen LogP contribution is -2.14. The number of benzene rings is 1. The number of nitrogens with zero attached hydrogens (tertiary/aromatic N) is 1. The molecule has 2 rings (SSSR count). The number of carbonyl (C=O) groups is 1. The Hall–Kier alpha value is -2.31. The summed E-state index contributed by atoms with van der Waals surface area (Å²) in [6.07, 6.45) is -0.422. The molecule has 1 aliphatic rings. The minimum Gasteiger partial charge on any atom is -0.493 e. The number of hydrogen-bond acceptors (Lipinski definition) is 6. The van der Waals surface area contributed by atoms with Crippen molar-refractivity contribution in [1.29, 1.82) is 0 Å². The predicted octanol–water partition coefficient (Wildman–Crippen LogP) is 1.90. The molecule has 0 bridgehead atoms. The van der Waals surface area contributed by atoms with Crippen molar-refractivity contribution in [3.8, 4) is 5.75 Å². The van der Waals surface area contributed by atoms with E-state index in [1.165, 1.54) is 24.3 Å². The van der Waals surface area contributed by atoms with E-state index in [1.54, 1.807) is 0 Å². The number of nitro benzene ring substituents is 1. The summed E-state index contributed by atoms with van der Waals surface area (Å²) in [6, 6.07) is 5.78. The largest absolute Gasteiger partial charge is 0.508 e. The molecule has 0 aromatic heterocycles. The van der Waals surface area contributed by atoms with E-state index in [1.807, 2.05) is 0 Å². The molecule has 0 spiro atoms. The van der Waals surface area contributed by atoms with Crippen molar-refractivity contribution < 1.29 is 23.9 Å². The van der Waals surface area contributed by atoms with E-state index in [-0.39, 0.29) is 18.4 Å². The fourth-order valence-corrected chi connectivity index (χ4v) is 1.48. The van der Waals surface area contributed by atoms with Gasteiger partial charge in [0, 0.05) is 18.6 Å². The van der Waals surface area contributed by atoms with Crippen LogP contribution < -0.4 is 4.74 Å². The maximum Gasteiger partial charge on any atom is 0.508 e. The smallest absolute Gasteiger partial charge is 0.493 e. The number of ether oxygens (including phenoxy) is 3. The number of hydrogen-bond donors (Lipinski definition) is 0. The Morgan fingerprint density at radius 3 is 2.67 bits per heavy atom. The second kappa shape index (κ2) is 5.35. The van der Waals surface area contributed by atoms with Crippen LogP contribution in [-0.4, -0.2) is 30.4 Å². The van der Waals surface area contributed by atoms with Gasteiger partial charge in [0.1, 0.15) is 18.5 Å². The highest BCUT2D eigenvalue weighted by Crippen LogP contribution is 2.18. The summed E-state index contributed by atoms with van der Waals surface area (Å²) in [5, 5.41) is 10.4. The van der Waals surface area contributed by atoms with Crippen LogP contribution >= 0.6 is 0 Å². The van der Waals surface area contributed by atoms with Crippen LogP contribution in [0.2, 0.25) is 0 Å². The maximum atomic E-state index is 10.6. The van der Waals surface area contributed by atoms with Crippen molar-refractivity contribution in [2.75, 3.05) is 13.2 Å². The molecule has 7 heteroatoms. The van der Waals surface area contributed by atoms with Gasteiger partial charge < -0.3 is 14.2 Å². The van der Waals surface area contributed by atoms with Crippen LogP contribution in [-0.2, 0) is 9.47 Å². The molecule has 0 saturated carbocycles. The Morgan fingerprint density at radius 1 is 1.39 bits per heavy atom. The van der Waals surface area contributed by atoms with Crippen molar-refractivity contribution in [2.45, 2.75) is 12.5 Å². The van der Waals surface area contributed by atoms with E-state index in [0.29, 0.717) is 18.8 Å². The molecule has 18 heavy (non-hydrogen) atoms. The summed E-state index contributed by atoms with van der Waals surface area (Å²) in [5.74, 6) is 0.533. The number of carbonyl (C=O) groups excluding carboxylic acids is 1. The summed E-state index contributed by atoms with van der Waals surface area (Å²) in [5.41, 5.74) is 0.0143. The van der Waals surface area contributed by atoms with E-state index in [4.69, 9.17) is 9.47 Å². The van der Waals surface area contributed by atoms with Gasteiger partial charge in [-0.15, -0.1) is 0 Å². The lowest BCUT2D eigenvalue weighted by Gasteiger charge is -2.08. The van der Waals surface area contributed by atoms with E-state index in [2.05, 4.69) is 4.74 Å². The van der Waals surface area contributed by atoms with Gasteiger partial charge in [-0.3, -0.25) is 10.1 Å². The van der Waals surface area contributed by atoms with Gasteiger partial charge in [0.2, 0.25) is 0 Å². The van der Waals surface area contributed by atoms with Gasteiger partial charge >= 0.3 is 6.16 Å². The van der Waals surface area contributed by atoms with Crippen molar-refractivity contribution in [3.05, 3.63) is 34.4 Å². The second-order valence-corrected chi connectivity index (χ2v) is 3.69. The third kappa shape index (κ3) is 3.09. The highest BCUT2D eigenvalue weighted by atomic mass is 16.8. The lowest BCUT2D eigenvalue weighted by atomic mass is 10.3. The number of cyclic esters (lactones) is 2. The first-order valence-electron chi connectivity index (χ1n) is 5.36. The van der Waals surface area contributed by atoms with Gasteiger partial charge in [-0.2, -0.15) is 0 Å². The zero-order valence-electron chi connectivity index (χ0n) is 9.40. The van der Waals surface area contributed by atoms with Gasteiger partial charge in [0.05, 0.1) is 11.5 Å². The Balaban J connectivity index is 1.76. The molecule has 1 heterocycles. The van der Waals surface area contributed by atoms with E-state index >= 15 is 0 Å². The quantitative estimate of drug-likeness (QED) is 0.452. The van der Waals surface area contributed by atoms with Crippen LogP contribution in [0.5, 0.6) is 5.75 Å². The van der Waals surface area contributed by atoms with Crippen LogP contribution in [0.3, 0.4) is 0 Å². The monoisotopic (exact) mass is 253 g/mol. The lowest BCUT2D eigenvalue weighted by molar-refractivity contribution is -0.384. The minimum atomic E-state index is -0.657. The SMILES string of the molecule is O=C1OC[C@@H](CCOc2ccc([N+](=O)[O-])cc2)O1. The van der Waals surface area contributed by atoms with Gasteiger partial charge in [-0.1, -0.05) is 0 Å². The zero-order valence-corrected chi connectivity index (χ0v) is 9.40. The van der Waals surface area contributed by atoms with Crippen LogP contribution in [0.15, 0.2) is 24.3 Å². The molecule has 96 valence electrons. The Labute approximate surface area is 102 Å². The van der Waals surface area contributed by atoms with Crippen molar-refractivity contribution in [2.24, 2.45) is 0 Å². The third-order valence-corrected chi connectivity index (χ3v) is 2.41. The summed E-state index contributed by atoms with van der Waals surface area (Å²) in [7, 11) is 0. The second-order valence-electron chi connectivity index (χ2n) is 3.69. The Kier molecular flexibility index (Phi) is 3.61. The normalized spacial score (nSPS) is 18.0. The van der Waals surface area contributed by atoms with Crippen LogP contribution in [0, 0.1) is 10.1 Å². The minimum absolute atomic E-state index is 0.0143. The Bertz CT molecular complexity index is 443. The van der Waals surface area contributed by atoms with Gasteiger partial charge in [0.25, 0.3) is 5.69 Å². The highest BCUT2D eigenvalue weighted by Gasteiger charge is 2.24. The maximum absolute atomic E-state index is 10.6. The molecule has 0 N–H and O–H groups in total. The van der Waals surface area contributed by atoms with E-state index in [9.17, 15) is 14.9 Å². The number of nitro groups is 1. The molecule has 1 atom stereocenters.